The second-order valence-corrected chi connectivity index (χ2v) is 24.4. The number of furan rings is 2. The molecule has 13 aromatic carbocycles. The van der Waals surface area contributed by atoms with Gasteiger partial charge < -0.3 is 27.4 Å². The van der Waals surface area contributed by atoms with Crippen LogP contribution in [0.15, 0.2) is 251 Å². The Kier molecular flexibility index (Phi) is 9.63. The molecule has 0 aliphatic rings. The summed E-state index contributed by atoms with van der Waals surface area (Å²) in [4.78, 5) is 4.91. The fraction of sp³-hybridized carbons (Fsp3) is 0.0750. The predicted molar refractivity (Wildman–Crippen MR) is 363 cm³/mol. The molecule has 0 aliphatic heterocycles. The van der Waals surface area contributed by atoms with Crippen LogP contribution in [0.1, 0.15) is 50.7 Å². The topological polar surface area (TPSA) is 41.6 Å². The molecular formula is C80H54N4O2. The highest BCUT2D eigenvalue weighted by Crippen LogP contribution is 2.52. The van der Waals surface area contributed by atoms with Crippen LogP contribution in [0, 0.1) is 0 Å². The third-order valence-electron chi connectivity index (χ3n) is 19.0. The summed E-state index contributed by atoms with van der Waals surface area (Å²) < 4.78 is 19.4. The predicted octanol–water partition coefficient (Wildman–Crippen LogP) is 23.3. The van der Waals surface area contributed by atoms with Gasteiger partial charge in [-0.3, -0.25) is 0 Å². The summed E-state index contributed by atoms with van der Waals surface area (Å²) in [5.74, 6) is 0.791. The summed E-state index contributed by atoms with van der Waals surface area (Å²) >= 11 is 0. The number of fused-ring (bicyclic) bond motifs is 22. The van der Waals surface area contributed by atoms with Crippen molar-refractivity contribution >= 4 is 176 Å². The zero-order valence-electron chi connectivity index (χ0n) is 47.9. The minimum Gasteiger partial charge on any atom is -0.456 e. The summed E-state index contributed by atoms with van der Waals surface area (Å²) in [6.45, 7) is 9.04. The molecule has 0 N–H and O–H groups in total. The van der Waals surface area contributed by atoms with Crippen LogP contribution >= 0.6 is 0 Å². The Bertz CT molecular complexity index is 5500. The van der Waals surface area contributed by atoms with Gasteiger partial charge in [-0.05, 0) is 119 Å². The van der Waals surface area contributed by atoms with Crippen molar-refractivity contribution in [1.82, 2.24) is 8.80 Å². The number of nitrogens with zero attached hydrogens (tertiary/aromatic N) is 4. The molecular weight excluding hydrogens is 1050 g/mol. The van der Waals surface area contributed by atoms with Crippen molar-refractivity contribution in [2.45, 2.75) is 39.5 Å². The van der Waals surface area contributed by atoms with Crippen molar-refractivity contribution < 1.29 is 8.83 Å². The zero-order chi connectivity index (χ0) is 56.8. The lowest BCUT2D eigenvalue weighted by Gasteiger charge is -2.28. The molecule has 6 nitrogen and oxygen atoms in total. The van der Waals surface area contributed by atoms with Gasteiger partial charge in [0.15, 0.2) is 0 Å². The Labute approximate surface area is 493 Å². The van der Waals surface area contributed by atoms with E-state index in [1.807, 2.05) is 0 Å². The van der Waals surface area contributed by atoms with Crippen LogP contribution in [0.4, 0.5) is 34.1 Å². The third-order valence-corrected chi connectivity index (χ3v) is 19.0. The molecule has 406 valence electrons. The fourth-order valence-corrected chi connectivity index (χ4v) is 15.1. The second-order valence-electron chi connectivity index (χ2n) is 24.4. The van der Waals surface area contributed by atoms with Crippen LogP contribution in [0.25, 0.3) is 142 Å². The normalized spacial score (nSPS) is 12.6. The third kappa shape index (κ3) is 6.45. The molecule has 0 bridgehead atoms. The van der Waals surface area contributed by atoms with E-state index in [4.69, 9.17) is 8.83 Å². The quantitative estimate of drug-likeness (QED) is 0.152. The number of hydrogen-bond acceptors (Lipinski definition) is 4. The van der Waals surface area contributed by atoms with Crippen LogP contribution in [0.5, 0.6) is 0 Å². The Morgan fingerprint density at radius 2 is 0.570 bits per heavy atom. The molecule has 6 heteroatoms. The van der Waals surface area contributed by atoms with E-state index in [-0.39, 0.29) is 0 Å². The molecule has 0 spiro atoms. The average Bonchev–Trinajstić information content (AvgIpc) is 2.70. The maximum atomic E-state index is 7.26. The Hall–Kier alpha value is -10.8. The first kappa shape index (κ1) is 47.6. The van der Waals surface area contributed by atoms with Crippen molar-refractivity contribution in [1.29, 1.82) is 0 Å². The average molecular weight is 1100 g/mol. The van der Waals surface area contributed by atoms with Gasteiger partial charge in [-0.1, -0.05) is 173 Å². The van der Waals surface area contributed by atoms with E-state index in [0.717, 1.165) is 99.5 Å². The lowest BCUT2D eigenvalue weighted by molar-refractivity contribution is 0.664. The number of benzene rings is 13. The van der Waals surface area contributed by atoms with Gasteiger partial charge in [-0.15, -0.1) is 0 Å². The molecule has 0 saturated heterocycles. The summed E-state index contributed by atoms with van der Waals surface area (Å²) in [5, 5.41) is 18.5. The first-order chi connectivity index (χ1) is 42.3. The molecule has 19 aromatic rings. The van der Waals surface area contributed by atoms with Crippen LogP contribution in [-0.4, -0.2) is 8.80 Å². The number of para-hydroxylation sites is 4. The minimum absolute atomic E-state index is 0.396. The molecule has 0 aliphatic carbocycles. The van der Waals surface area contributed by atoms with Crippen molar-refractivity contribution in [3.8, 4) is 0 Å². The molecule has 86 heavy (non-hydrogen) atoms. The molecule has 0 unspecified atom stereocenters. The van der Waals surface area contributed by atoms with E-state index in [9.17, 15) is 0 Å². The molecule has 0 fully saturated rings. The van der Waals surface area contributed by atoms with E-state index in [1.54, 1.807) is 0 Å². The van der Waals surface area contributed by atoms with Crippen molar-refractivity contribution in [3.05, 3.63) is 254 Å². The standard InChI is InChI=1S/C80H54N4O2/c1-45(2)47-29-33-49(34-30-47)81(51-37-61-55-19-9-13-25-67(55)83-68-26-14-10-20-56(68)62(38-51)79(61)83)71-43-75-77(59-23-7-5-17-53(59)71)65-41-74-66(42-73(65)85-75)78-60-24-8-6-18-54(60)72(44-76(78)86-74)82(50-35-31-48(32-36-50)46(3)4)52-39-63-57-21-11-15-27-69(57)84-70-28-16-12-22-58(70)64(40-52)80(63)84/h5-46H,1-4H3. The highest BCUT2D eigenvalue weighted by Gasteiger charge is 2.28. The molecule has 0 radical (unpaired) electrons. The smallest absolute Gasteiger partial charge is 0.138 e. The Morgan fingerprint density at radius 1 is 0.267 bits per heavy atom. The maximum absolute atomic E-state index is 7.26. The largest absolute Gasteiger partial charge is 0.456 e. The minimum atomic E-state index is 0.396. The van der Waals surface area contributed by atoms with Crippen LogP contribution < -0.4 is 9.80 Å². The van der Waals surface area contributed by atoms with E-state index in [0.29, 0.717) is 11.8 Å². The zero-order valence-corrected chi connectivity index (χ0v) is 47.9. The maximum Gasteiger partial charge on any atom is 0.138 e. The summed E-state index contributed by atoms with van der Waals surface area (Å²) in [7, 11) is 0. The van der Waals surface area contributed by atoms with Gasteiger partial charge in [0, 0.05) is 110 Å². The van der Waals surface area contributed by atoms with Gasteiger partial charge in [-0.2, -0.15) is 0 Å². The molecule has 0 atom stereocenters. The number of rotatable bonds is 8. The molecule has 0 saturated carbocycles. The molecule has 0 amide bonds. The SMILES string of the molecule is CC(C)c1ccc(N(c2cc3c4ccccc4n4c5ccccc5c(c2)c34)c2cc3oc4cc5c(cc4c3c3ccccc23)oc2cc(N(c3ccc(C(C)C)cc3)c3cc4c6ccccc6n6c7ccccc7c(c3)c46)c3ccccc3c25)cc1. The van der Waals surface area contributed by atoms with E-state index in [1.165, 1.54) is 87.3 Å². The number of anilines is 6. The number of aromatic nitrogens is 2. The van der Waals surface area contributed by atoms with Gasteiger partial charge in [0.05, 0.1) is 44.5 Å². The monoisotopic (exact) mass is 1100 g/mol. The highest BCUT2D eigenvalue weighted by molar-refractivity contribution is 6.30. The lowest BCUT2D eigenvalue weighted by atomic mass is 9.98. The highest BCUT2D eigenvalue weighted by atomic mass is 16.3. The number of hydrogen-bond donors (Lipinski definition) is 0. The molecule has 6 aromatic heterocycles. The van der Waals surface area contributed by atoms with Crippen molar-refractivity contribution in [2.75, 3.05) is 9.80 Å². The van der Waals surface area contributed by atoms with Crippen molar-refractivity contribution in [2.24, 2.45) is 0 Å². The van der Waals surface area contributed by atoms with Crippen LogP contribution in [0.2, 0.25) is 0 Å². The van der Waals surface area contributed by atoms with Gasteiger partial charge in [0.2, 0.25) is 0 Å². The van der Waals surface area contributed by atoms with Crippen molar-refractivity contribution in [3.63, 3.8) is 0 Å². The molecule has 6 heterocycles. The van der Waals surface area contributed by atoms with E-state index >= 15 is 0 Å². The van der Waals surface area contributed by atoms with Gasteiger partial charge in [0.25, 0.3) is 0 Å². The Balaban J connectivity index is 0.833. The van der Waals surface area contributed by atoms with E-state index < -0.39 is 0 Å². The molecule has 19 rings (SSSR count). The van der Waals surface area contributed by atoms with Crippen LogP contribution in [0.3, 0.4) is 0 Å². The van der Waals surface area contributed by atoms with Gasteiger partial charge in [0.1, 0.15) is 22.3 Å². The van der Waals surface area contributed by atoms with Crippen LogP contribution in [-0.2, 0) is 0 Å². The lowest BCUT2D eigenvalue weighted by Crippen LogP contribution is -2.11. The van der Waals surface area contributed by atoms with Gasteiger partial charge >= 0.3 is 0 Å². The van der Waals surface area contributed by atoms with Gasteiger partial charge in [-0.25, -0.2) is 0 Å². The Morgan fingerprint density at radius 3 is 0.895 bits per heavy atom. The van der Waals surface area contributed by atoms with E-state index in [2.05, 4.69) is 289 Å². The fourth-order valence-electron chi connectivity index (χ4n) is 15.1. The first-order valence-corrected chi connectivity index (χ1v) is 30.1. The summed E-state index contributed by atoms with van der Waals surface area (Å²) in [6, 6.07) is 90.0. The second kappa shape index (κ2) is 17.4. The summed E-state index contributed by atoms with van der Waals surface area (Å²) in [6.07, 6.45) is 0. The first-order valence-electron chi connectivity index (χ1n) is 30.1. The summed E-state index contributed by atoms with van der Waals surface area (Å²) in [5.41, 5.74) is 19.7.